The molecule has 0 aliphatic heterocycles. The van der Waals surface area contributed by atoms with Gasteiger partial charge in [-0.3, -0.25) is 14.4 Å². The van der Waals surface area contributed by atoms with Crippen LogP contribution in [0.2, 0.25) is 0 Å². The summed E-state index contributed by atoms with van der Waals surface area (Å²) in [7, 11) is 0. The molecule has 0 aromatic rings. The lowest BCUT2D eigenvalue weighted by molar-refractivity contribution is -0.166. The first-order chi connectivity index (χ1) is 41.0. The van der Waals surface area contributed by atoms with Crippen molar-refractivity contribution in [2.45, 2.75) is 348 Å². The summed E-state index contributed by atoms with van der Waals surface area (Å²) < 4.78 is 16.9. The minimum absolute atomic E-state index is 0.104. The van der Waals surface area contributed by atoms with Crippen molar-refractivity contribution in [3.8, 4) is 0 Å². The molecule has 0 aliphatic carbocycles. The number of ether oxygens (including phenoxy) is 3. The van der Waals surface area contributed by atoms with Gasteiger partial charge in [0, 0.05) is 19.3 Å². The van der Waals surface area contributed by atoms with Gasteiger partial charge in [0.05, 0.1) is 0 Å². The van der Waals surface area contributed by atoms with Gasteiger partial charge < -0.3 is 14.2 Å². The maximum absolute atomic E-state index is 13.0. The van der Waals surface area contributed by atoms with Crippen LogP contribution in [0.15, 0.2) is 109 Å². The van der Waals surface area contributed by atoms with Crippen molar-refractivity contribution >= 4 is 17.9 Å². The first-order valence-electron chi connectivity index (χ1n) is 35.4. The summed E-state index contributed by atoms with van der Waals surface area (Å²) in [5.41, 5.74) is 0. The third-order valence-electron chi connectivity index (χ3n) is 15.3. The fourth-order valence-corrected chi connectivity index (χ4v) is 10.0. The molecule has 1 unspecified atom stereocenters. The molecule has 83 heavy (non-hydrogen) atoms. The van der Waals surface area contributed by atoms with Crippen molar-refractivity contribution in [3.05, 3.63) is 109 Å². The number of carbonyl (C=O) groups excluding carboxylic acids is 3. The summed E-state index contributed by atoms with van der Waals surface area (Å²) in [4.78, 5) is 38.5. The molecule has 0 amide bonds. The van der Waals surface area contributed by atoms with Gasteiger partial charge in [0.1, 0.15) is 13.2 Å². The number of hydrogen-bond donors (Lipinski definition) is 0. The Morgan fingerprint density at radius 2 is 0.494 bits per heavy atom. The molecule has 0 spiro atoms. The van der Waals surface area contributed by atoms with E-state index in [0.717, 1.165) is 96.3 Å². The Labute approximate surface area is 514 Å². The summed E-state index contributed by atoms with van der Waals surface area (Å²) in [6.07, 6.45) is 97.0. The van der Waals surface area contributed by atoms with Gasteiger partial charge in [-0.25, -0.2) is 0 Å². The molecule has 6 heteroatoms. The van der Waals surface area contributed by atoms with Crippen LogP contribution in [0.1, 0.15) is 342 Å². The quantitative estimate of drug-likeness (QED) is 0.0261. The van der Waals surface area contributed by atoms with Crippen LogP contribution in [-0.4, -0.2) is 37.2 Å². The van der Waals surface area contributed by atoms with Crippen molar-refractivity contribution < 1.29 is 28.6 Å². The molecular formula is C77H132O6. The molecule has 0 aliphatic rings. The molecule has 0 aromatic carbocycles. The zero-order chi connectivity index (χ0) is 59.9. The molecule has 0 aromatic heterocycles. The Hall–Kier alpha value is -3.93. The lowest BCUT2D eigenvalue weighted by Crippen LogP contribution is -2.30. The van der Waals surface area contributed by atoms with Gasteiger partial charge >= 0.3 is 17.9 Å². The highest BCUT2D eigenvalue weighted by Gasteiger charge is 2.19. The van der Waals surface area contributed by atoms with Crippen molar-refractivity contribution in [2.24, 2.45) is 0 Å². The fourth-order valence-electron chi connectivity index (χ4n) is 10.0. The van der Waals surface area contributed by atoms with Crippen LogP contribution < -0.4 is 0 Å². The van der Waals surface area contributed by atoms with Gasteiger partial charge in [0.15, 0.2) is 6.10 Å². The van der Waals surface area contributed by atoms with Crippen molar-refractivity contribution in [1.29, 1.82) is 0 Å². The van der Waals surface area contributed by atoms with Gasteiger partial charge in [0.2, 0.25) is 0 Å². The number of hydrogen-bond acceptors (Lipinski definition) is 6. The van der Waals surface area contributed by atoms with Crippen LogP contribution in [0, 0.1) is 0 Å². The van der Waals surface area contributed by atoms with E-state index in [1.165, 1.54) is 199 Å². The highest BCUT2D eigenvalue weighted by atomic mass is 16.6. The third-order valence-corrected chi connectivity index (χ3v) is 15.3. The molecule has 476 valence electrons. The van der Waals surface area contributed by atoms with Crippen molar-refractivity contribution in [3.63, 3.8) is 0 Å². The molecule has 0 N–H and O–H groups in total. The van der Waals surface area contributed by atoms with Gasteiger partial charge in [-0.1, -0.05) is 336 Å². The van der Waals surface area contributed by atoms with Crippen LogP contribution in [0.5, 0.6) is 0 Å². The average Bonchev–Trinajstić information content (AvgIpc) is 3.49. The Morgan fingerprint density at radius 3 is 0.807 bits per heavy atom. The lowest BCUT2D eigenvalue weighted by Gasteiger charge is -2.18. The highest BCUT2D eigenvalue weighted by Crippen LogP contribution is 2.17. The summed E-state index contributed by atoms with van der Waals surface area (Å²) in [6.45, 7) is 6.49. The largest absolute Gasteiger partial charge is 0.462 e. The standard InChI is InChI=1S/C77H132O6/c1-4-7-10-13-16-19-22-25-28-31-34-36-38-40-43-46-49-52-55-58-61-64-67-70-76(79)82-73-74(72-81-75(78)69-66-63-60-57-54-51-48-45-42-33-30-27-24-21-18-15-12-9-6-3)83-77(80)71-68-65-62-59-56-53-50-47-44-41-39-37-35-32-29-26-23-20-17-14-11-8-5-2/h9,12,18,21-22,25,27,30-31,34,38,40,42,45,51,54,60,63,74H,4-8,10-11,13-17,19-20,23-24,26,28-29,32-33,35-37,39,41,43-44,46-50,52-53,55-59,61-62,64-73H2,1-3H3/b12-9-,21-18-,25-22-,30-27-,34-31-,40-38-,45-42-,54-51-,63-60-. The van der Waals surface area contributed by atoms with E-state index in [9.17, 15) is 14.4 Å². The van der Waals surface area contributed by atoms with Gasteiger partial charge in [0.25, 0.3) is 0 Å². The van der Waals surface area contributed by atoms with Gasteiger partial charge in [-0.2, -0.15) is 0 Å². The number of esters is 3. The Kier molecular flexibility index (Phi) is 67.2. The Bertz CT molecular complexity index is 1660. The Morgan fingerprint density at radius 1 is 0.253 bits per heavy atom. The first kappa shape index (κ1) is 79.1. The monoisotopic (exact) mass is 1150 g/mol. The van der Waals surface area contributed by atoms with E-state index in [1.54, 1.807) is 0 Å². The molecule has 0 rings (SSSR count). The average molecular weight is 1150 g/mol. The summed E-state index contributed by atoms with van der Waals surface area (Å²) in [6, 6.07) is 0. The zero-order valence-corrected chi connectivity index (χ0v) is 54.7. The smallest absolute Gasteiger partial charge is 0.306 e. The zero-order valence-electron chi connectivity index (χ0n) is 54.7. The number of unbranched alkanes of at least 4 members (excludes halogenated alkanes) is 35. The van der Waals surface area contributed by atoms with E-state index < -0.39 is 6.10 Å². The maximum Gasteiger partial charge on any atom is 0.306 e. The second-order valence-electron chi connectivity index (χ2n) is 23.4. The topological polar surface area (TPSA) is 78.9 Å². The normalized spacial score (nSPS) is 12.8. The highest BCUT2D eigenvalue weighted by molar-refractivity contribution is 5.71. The predicted octanol–water partition coefficient (Wildman–Crippen LogP) is 24.6. The summed E-state index contributed by atoms with van der Waals surface area (Å²) >= 11 is 0. The van der Waals surface area contributed by atoms with E-state index in [0.29, 0.717) is 19.3 Å². The molecular weight excluding hydrogens is 1020 g/mol. The molecule has 0 saturated carbocycles. The summed E-state index contributed by atoms with van der Waals surface area (Å²) in [5, 5.41) is 0. The molecule has 1 atom stereocenters. The molecule has 0 heterocycles. The first-order valence-corrected chi connectivity index (χ1v) is 35.4. The molecule has 0 fully saturated rings. The molecule has 0 radical (unpaired) electrons. The maximum atomic E-state index is 13.0. The van der Waals surface area contributed by atoms with Crippen molar-refractivity contribution in [2.75, 3.05) is 13.2 Å². The predicted molar refractivity (Wildman–Crippen MR) is 362 cm³/mol. The number of carbonyl (C=O) groups is 3. The second-order valence-corrected chi connectivity index (χ2v) is 23.4. The van der Waals surface area contributed by atoms with E-state index in [-0.39, 0.29) is 37.5 Å². The van der Waals surface area contributed by atoms with E-state index in [2.05, 4.69) is 124 Å². The number of allylic oxidation sites excluding steroid dienone is 18. The van der Waals surface area contributed by atoms with Crippen LogP contribution in [0.25, 0.3) is 0 Å². The molecule has 0 saturated heterocycles. The van der Waals surface area contributed by atoms with Gasteiger partial charge in [-0.15, -0.1) is 0 Å². The molecule has 6 nitrogen and oxygen atoms in total. The second kappa shape index (κ2) is 70.6. The fraction of sp³-hybridized carbons (Fsp3) is 0.727. The van der Waals surface area contributed by atoms with Crippen LogP contribution in [-0.2, 0) is 28.6 Å². The van der Waals surface area contributed by atoms with Crippen LogP contribution in [0.4, 0.5) is 0 Å². The van der Waals surface area contributed by atoms with E-state index in [1.807, 2.05) is 6.08 Å². The van der Waals surface area contributed by atoms with Gasteiger partial charge in [-0.05, 0) is 96.3 Å². The van der Waals surface area contributed by atoms with E-state index in [4.69, 9.17) is 14.2 Å². The minimum atomic E-state index is -0.815. The summed E-state index contributed by atoms with van der Waals surface area (Å²) in [5.74, 6) is -0.983. The Balaban J connectivity index is 4.45. The SMILES string of the molecule is CC/C=C\C/C=C\C/C=C\C/C=C\C/C=C\C/C=C\CCC(=O)OCC(COC(=O)CCCCCCCCCC/C=C\C/C=C\C/C=C\CCCCCCC)OC(=O)CCCCCCCCCCCCCCCCCCCCCCCCC. The minimum Gasteiger partial charge on any atom is -0.462 e. The van der Waals surface area contributed by atoms with Crippen LogP contribution in [0.3, 0.4) is 0 Å². The third kappa shape index (κ3) is 68.7. The number of rotatable bonds is 64. The van der Waals surface area contributed by atoms with E-state index >= 15 is 0 Å². The van der Waals surface area contributed by atoms with Crippen molar-refractivity contribution in [1.82, 2.24) is 0 Å². The van der Waals surface area contributed by atoms with Crippen LogP contribution >= 0.6 is 0 Å². The lowest BCUT2D eigenvalue weighted by atomic mass is 10.0. The molecule has 0 bridgehead atoms.